The molecule has 0 saturated carbocycles. The van der Waals surface area contributed by atoms with Crippen LogP contribution in [0, 0.1) is 0 Å². The van der Waals surface area contributed by atoms with Gasteiger partial charge >= 0.3 is 0 Å². The average molecular weight is 245 g/mol. The molecular formula is C11H17ClN2O2. The zero-order valence-corrected chi connectivity index (χ0v) is 9.80. The van der Waals surface area contributed by atoms with Crippen LogP contribution in [0.4, 0.5) is 5.69 Å². The van der Waals surface area contributed by atoms with E-state index >= 15 is 0 Å². The highest BCUT2D eigenvalue weighted by Crippen LogP contribution is 2.09. The van der Waals surface area contributed by atoms with Crippen molar-refractivity contribution < 1.29 is 9.90 Å². The third kappa shape index (κ3) is 5.11. The van der Waals surface area contributed by atoms with Gasteiger partial charge in [-0.1, -0.05) is 12.1 Å². The molecule has 4 N–H and O–H groups in total. The highest BCUT2D eigenvalue weighted by molar-refractivity contribution is 5.90. The Morgan fingerprint density at radius 1 is 1.31 bits per heavy atom. The van der Waals surface area contributed by atoms with Crippen LogP contribution in [0.3, 0.4) is 0 Å². The van der Waals surface area contributed by atoms with Gasteiger partial charge in [-0.3, -0.25) is 4.79 Å². The van der Waals surface area contributed by atoms with Crippen LogP contribution in [-0.2, 0) is 11.2 Å². The van der Waals surface area contributed by atoms with Crippen molar-refractivity contribution in [1.82, 2.24) is 0 Å². The summed E-state index contributed by atoms with van der Waals surface area (Å²) >= 11 is 0. The minimum atomic E-state index is -0.0765. The summed E-state index contributed by atoms with van der Waals surface area (Å²) in [5, 5.41) is 11.5. The number of aliphatic hydroxyl groups is 1. The van der Waals surface area contributed by atoms with Crippen molar-refractivity contribution in [2.75, 3.05) is 18.5 Å². The summed E-state index contributed by atoms with van der Waals surface area (Å²) in [6, 6.07) is 7.40. The minimum Gasteiger partial charge on any atom is -0.396 e. The summed E-state index contributed by atoms with van der Waals surface area (Å²) in [6.07, 6.45) is 0.968. The lowest BCUT2D eigenvalue weighted by molar-refractivity contribution is -0.116. The Kier molecular flexibility index (Phi) is 7.54. The molecule has 0 heterocycles. The van der Waals surface area contributed by atoms with Gasteiger partial charge in [0.05, 0.1) is 0 Å². The van der Waals surface area contributed by atoms with E-state index in [4.69, 9.17) is 10.8 Å². The van der Waals surface area contributed by atoms with Gasteiger partial charge in [0.2, 0.25) is 5.91 Å². The number of rotatable bonds is 5. The van der Waals surface area contributed by atoms with Gasteiger partial charge in [0.1, 0.15) is 0 Å². The van der Waals surface area contributed by atoms with Crippen molar-refractivity contribution in [2.24, 2.45) is 5.73 Å². The summed E-state index contributed by atoms with van der Waals surface area (Å²) < 4.78 is 0. The van der Waals surface area contributed by atoms with Crippen molar-refractivity contribution in [3.8, 4) is 0 Å². The van der Waals surface area contributed by atoms with E-state index in [1.807, 2.05) is 24.3 Å². The number of aliphatic hydroxyl groups excluding tert-OH is 1. The molecule has 0 aliphatic rings. The van der Waals surface area contributed by atoms with Gasteiger partial charge in [0.15, 0.2) is 0 Å². The Balaban J connectivity index is 0.00000225. The molecule has 4 nitrogen and oxygen atoms in total. The van der Waals surface area contributed by atoms with Gasteiger partial charge in [-0.2, -0.15) is 0 Å². The third-order valence-electron chi connectivity index (χ3n) is 2.01. The van der Waals surface area contributed by atoms with Crippen molar-refractivity contribution in [3.63, 3.8) is 0 Å². The quantitative estimate of drug-likeness (QED) is 0.721. The Morgan fingerprint density at radius 3 is 2.44 bits per heavy atom. The number of amides is 1. The lowest BCUT2D eigenvalue weighted by Gasteiger charge is -2.05. The number of halogens is 1. The van der Waals surface area contributed by atoms with Crippen molar-refractivity contribution >= 4 is 24.0 Å². The predicted molar refractivity (Wildman–Crippen MR) is 66.8 cm³/mol. The smallest absolute Gasteiger partial charge is 0.225 e. The number of carbonyl (C=O) groups is 1. The third-order valence-corrected chi connectivity index (χ3v) is 2.01. The van der Waals surface area contributed by atoms with Gasteiger partial charge in [-0.25, -0.2) is 0 Å². The molecule has 0 aromatic heterocycles. The fourth-order valence-corrected chi connectivity index (χ4v) is 1.24. The van der Waals surface area contributed by atoms with Crippen molar-refractivity contribution in [2.45, 2.75) is 12.8 Å². The molecule has 5 heteroatoms. The number of benzene rings is 1. The van der Waals surface area contributed by atoms with E-state index in [1.54, 1.807) is 0 Å². The first kappa shape index (κ1) is 14.9. The average Bonchev–Trinajstić information content (AvgIpc) is 2.22. The molecule has 0 spiro atoms. The first-order valence-corrected chi connectivity index (χ1v) is 4.96. The van der Waals surface area contributed by atoms with E-state index < -0.39 is 0 Å². The topological polar surface area (TPSA) is 75.4 Å². The summed E-state index contributed by atoms with van der Waals surface area (Å²) in [6.45, 7) is 0.493. The maximum absolute atomic E-state index is 11.2. The van der Waals surface area contributed by atoms with E-state index in [1.165, 1.54) is 0 Å². The largest absolute Gasteiger partial charge is 0.396 e. The number of hydrogen-bond acceptors (Lipinski definition) is 3. The Hall–Kier alpha value is -1.10. The predicted octanol–water partition coefficient (Wildman–Crippen LogP) is 0.931. The lowest BCUT2D eigenvalue weighted by Crippen LogP contribution is -2.16. The molecule has 0 fully saturated rings. The second-order valence-corrected chi connectivity index (χ2v) is 3.26. The zero-order chi connectivity index (χ0) is 11.1. The van der Waals surface area contributed by atoms with E-state index in [0.717, 1.165) is 11.3 Å². The first-order chi connectivity index (χ1) is 7.26. The SMILES string of the molecule is Cl.NCCC(=O)Nc1ccc(CCO)cc1. The van der Waals surface area contributed by atoms with Gasteiger partial charge in [0.25, 0.3) is 0 Å². The maximum atomic E-state index is 11.2. The number of anilines is 1. The minimum absolute atomic E-state index is 0. The molecule has 0 bridgehead atoms. The molecule has 0 aliphatic heterocycles. The monoisotopic (exact) mass is 244 g/mol. The molecule has 1 aromatic carbocycles. The van der Waals surface area contributed by atoms with E-state index in [2.05, 4.69) is 5.32 Å². The maximum Gasteiger partial charge on any atom is 0.225 e. The van der Waals surface area contributed by atoms with Crippen LogP contribution in [0.1, 0.15) is 12.0 Å². The second kappa shape index (κ2) is 8.10. The number of hydrogen-bond donors (Lipinski definition) is 3. The van der Waals surface area contributed by atoms with Crippen LogP contribution in [0.2, 0.25) is 0 Å². The molecule has 1 aromatic rings. The van der Waals surface area contributed by atoms with E-state index in [-0.39, 0.29) is 24.9 Å². The van der Waals surface area contributed by atoms with Crippen molar-refractivity contribution in [1.29, 1.82) is 0 Å². The van der Waals surface area contributed by atoms with Crippen LogP contribution < -0.4 is 11.1 Å². The normalized spacial score (nSPS) is 9.38. The van der Waals surface area contributed by atoms with Crippen molar-refractivity contribution in [3.05, 3.63) is 29.8 Å². The molecule has 1 rings (SSSR count). The molecule has 0 saturated heterocycles. The Morgan fingerprint density at radius 2 is 1.94 bits per heavy atom. The Labute approximate surface area is 101 Å². The summed E-state index contributed by atoms with van der Waals surface area (Å²) in [7, 11) is 0. The van der Waals surface area contributed by atoms with Gasteiger partial charge in [0, 0.05) is 25.3 Å². The highest BCUT2D eigenvalue weighted by atomic mass is 35.5. The van der Waals surface area contributed by atoms with Crippen LogP contribution >= 0.6 is 12.4 Å². The fourth-order valence-electron chi connectivity index (χ4n) is 1.24. The molecule has 16 heavy (non-hydrogen) atoms. The van der Waals surface area contributed by atoms with Crippen LogP contribution in [0.15, 0.2) is 24.3 Å². The van der Waals surface area contributed by atoms with Gasteiger partial charge in [-0.05, 0) is 24.1 Å². The van der Waals surface area contributed by atoms with Gasteiger partial charge < -0.3 is 16.2 Å². The second-order valence-electron chi connectivity index (χ2n) is 3.26. The standard InChI is InChI=1S/C11H16N2O2.ClH/c12-7-5-11(15)13-10-3-1-9(2-4-10)6-8-14;/h1-4,14H,5-8,12H2,(H,13,15);1H. The highest BCUT2D eigenvalue weighted by Gasteiger charge is 2.00. The van der Waals surface area contributed by atoms with E-state index in [0.29, 0.717) is 19.4 Å². The fraction of sp³-hybridized carbons (Fsp3) is 0.364. The van der Waals surface area contributed by atoms with Gasteiger partial charge in [-0.15, -0.1) is 12.4 Å². The molecule has 90 valence electrons. The lowest BCUT2D eigenvalue weighted by atomic mass is 10.1. The molecular weight excluding hydrogens is 228 g/mol. The molecule has 0 aliphatic carbocycles. The Bertz CT molecular complexity index is 314. The summed E-state index contributed by atoms with van der Waals surface area (Å²) in [4.78, 5) is 11.2. The van der Waals surface area contributed by atoms with Crippen LogP contribution in [0.5, 0.6) is 0 Å². The molecule has 0 atom stereocenters. The number of nitrogens with one attached hydrogen (secondary N) is 1. The van der Waals surface area contributed by atoms with Crippen LogP contribution in [0.25, 0.3) is 0 Å². The molecule has 1 amide bonds. The zero-order valence-electron chi connectivity index (χ0n) is 8.98. The molecule has 0 radical (unpaired) electrons. The van der Waals surface area contributed by atoms with E-state index in [9.17, 15) is 4.79 Å². The number of nitrogens with two attached hydrogens (primary N) is 1. The summed E-state index contributed by atoms with van der Waals surface area (Å²) in [5.41, 5.74) is 7.07. The van der Waals surface area contributed by atoms with Crippen LogP contribution in [-0.4, -0.2) is 24.2 Å². The first-order valence-electron chi connectivity index (χ1n) is 4.96. The number of carbonyl (C=O) groups excluding carboxylic acids is 1. The molecule has 0 unspecified atom stereocenters. The summed E-state index contributed by atoms with van der Waals surface area (Å²) in [5.74, 6) is -0.0765.